The second-order valence-electron chi connectivity index (χ2n) is 7.44. The summed E-state index contributed by atoms with van der Waals surface area (Å²) in [6.45, 7) is 3.39. The third kappa shape index (κ3) is 4.47. The fourth-order valence-corrected chi connectivity index (χ4v) is 4.18. The molecule has 0 saturated carbocycles. The van der Waals surface area contributed by atoms with Gasteiger partial charge in [-0.3, -0.25) is 4.79 Å². The maximum absolute atomic E-state index is 12.7. The van der Waals surface area contributed by atoms with Gasteiger partial charge in [0.05, 0.1) is 0 Å². The molecule has 0 bridgehead atoms. The molecule has 2 aliphatic rings. The van der Waals surface area contributed by atoms with Crippen LogP contribution >= 0.6 is 11.6 Å². The molecule has 1 atom stereocenters. The van der Waals surface area contributed by atoms with Gasteiger partial charge in [-0.05, 0) is 37.0 Å². The number of likely N-dealkylation sites (tertiary alicyclic amines) is 1. The van der Waals surface area contributed by atoms with Crippen LogP contribution in [0.15, 0.2) is 30.5 Å². The number of nitrogens with zero attached hydrogens (tertiary/aromatic N) is 3. The molecule has 142 valence electrons. The molecule has 2 aliphatic heterocycles. The first kappa shape index (κ1) is 18.4. The molecular formula is C21H25ClN4O. The molecule has 1 amide bonds. The summed E-state index contributed by atoms with van der Waals surface area (Å²) < 4.78 is 0. The van der Waals surface area contributed by atoms with Gasteiger partial charge in [0.25, 0.3) is 0 Å². The van der Waals surface area contributed by atoms with Gasteiger partial charge in [-0.15, -0.1) is 0 Å². The summed E-state index contributed by atoms with van der Waals surface area (Å²) in [7, 11) is 0. The van der Waals surface area contributed by atoms with Crippen LogP contribution in [0.3, 0.4) is 0 Å². The Morgan fingerprint density at radius 3 is 3.19 bits per heavy atom. The quantitative estimate of drug-likeness (QED) is 0.879. The molecule has 4 rings (SSSR count). The molecule has 1 N–H and O–H groups in total. The molecule has 1 saturated heterocycles. The fraction of sp³-hybridized carbons (Fsp3) is 0.476. The zero-order valence-electron chi connectivity index (χ0n) is 15.5. The van der Waals surface area contributed by atoms with Gasteiger partial charge >= 0.3 is 0 Å². The molecule has 2 aromatic rings. The number of amides is 1. The highest BCUT2D eigenvalue weighted by molar-refractivity contribution is 6.30. The minimum atomic E-state index is 0.210. The first-order valence-corrected chi connectivity index (χ1v) is 10.1. The van der Waals surface area contributed by atoms with Crippen LogP contribution in [0.25, 0.3) is 0 Å². The lowest BCUT2D eigenvalue weighted by Crippen LogP contribution is -2.39. The van der Waals surface area contributed by atoms with Gasteiger partial charge in [0, 0.05) is 67.4 Å². The monoisotopic (exact) mass is 384 g/mol. The van der Waals surface area contributed by atoms with Crippen molar-refractivity contribution in [3.05, 3.63) is 58.1 Å². The Bertz CT molecular complexity index is 826. The molecule has 0 aliphatic carbocycles. The Hall–Kier alpha value is -1.98. The van der Waals surface area contributed by atoms with E-state index in [4.69, 9.17) is 16.6 Å². The van der Waals surface area contributed by atoms with Crippen molar-refractivity contribution in [3.8, 4) is 0 Å². The van der Waals surface area contributed by atoms with E-state index in [1.165, 1.54) is 11.3 Å². The van der Waals surface area contributed by atoms with E-state index in [-0.39, 0.29) is 11.8 Å². The van der Waals surface area contributed by atoms with E-state index in [1.807, 2.05) is 35.4 Å². The molecular weight excluding hydrogens is 360 g/mol. The standard InChI is InChI=1S/C21H25ClN4O/c22-18-5-1-3-15(11-18)6-7-20(27)26-10-2-4-16(14-26)21-24-13-17-12-23-9-8-19(17)25-21/h1,3,5,11,13,16,23H,2,4,6-10,12,14H2. The van der Waals surface area contributed by atoms with E-state index in [0.717, 1.165) is 68.3 Å². The highest BCUT2D eigenvalue weighted by atomic mass is 35.5. The van der Waals surface area contributed by atoms with Gasteiger partial charge in [0.2, 0.25) is 5.91 Å². The number of carbonyl (C=O) groups is 1. The van der Waals surface area contributed by atoms with Crippen molar-refractivity contribution in [1.82, 2.24) is 20.2 Å². The van der Waals surface area contributed by atoms with E-state index >= 15 is 0 Å². The first-order chi connectivity index (χ1) is 13.2. The number of hydrogen-bond acceptors (Lipinski definition) is 4. The topological polar surface area (TPSA) is 58.1 Å². The van der Waals surface area contributed by atoms with Gasteiger partial charge in [-0.25, -0.2) is 9.97 Å². The lowest BCUT2D eigenvalue weighted by molar-refractivity contribution is -0.132. The van der Waals surface area contributed by atoms with Crippen molar-refractivity contribution in [1.29, 1.82) is 0 Å². The smallest absolute Gasteiger partial charge is 0.222 e. The van der Waals surface area contributed by atoms with Crippen molar-refractivity contribution >= 4 is 17.5 Å². The van der Waals surface area contributed by atoms with Crippen LogP contribution in [0.2, 0.25) is 5.02 Å². The summed E-state index contributed by atoms with van der Waals surface area (Å²) in [6.07, 6.45) is 6.22. The Morgan fingerprint density at radius 2 is 2.30 bits per heavy atom. The highest BCUT2D eigenvalue weighted by Crippen LogP contribution is 2.26. The largest absolute Gasteiger partial charge is 0.342 e. The molecule has 0 spiro atoms. The Labute approximate surface area is 165 Å². The molecule has 1 aromatic heterocycles. The SMILES string of the molecule is O=C(CCc1cccc(Cl)c1)N1CCCC(c2ncc3c(n2)CCNC3)C1. The molecule has 0 radical (unpaired) electrons. The molecule has 27 heavy (non-hydrogen) atoms. The van der Waals surface area contributed by atoms with Crippen molar-refractivity contribution in [2.75, 3.05) is 19.6 Å². The van der Waals surface area contributed by atoms with E-state index in [9.17, 15) is 4.79 Å². The minimum Gasteiger partial charge on any atom is -0.342 e. The number of piperidine rings is 1. The Balaban J connectivity index is 1.38. The van der Waals surface area contributed by atoms with Crippen molar-refractivity contribution in [2.24, 2.45) is 0 Å². The summed E-state index contributed by atoms with van der Waals surface area (Å²) in [5.41, 5.74) is 3.48. The minimum absolute atomic E-state index is 0.210. The van der Waals surface area contributed by atoms with Crippen LogP contribution in [-0.4, -0.2) is 40.4 Å². The molecule has 6 heteroatoms. The van der Waals surface area contributed by atoms with Crippen LogP contribution < -0.4 is 5.32 Å². The summed E-state index contributed by atoms with van der Waals surface area (Å²) >= 11 is 6.03. The van der Waals surface area contributed by atoms with Crippen LogP contribution in [0.5, 0.6) is 0 Å². The molecule has 3 heterocycles. The highest BCUT2D eigenvalue weighted by Gasteiger charge is 2.27. The number of carbonyl (C=O) groups excluding carboxylic acids is 1. The predicted molar refractivity (Wildman–Crippen MR) is 106 cm³/mol. The fourth-order valence-electron chi connectivity index (χ4n) is 3.96. The second-order valence-corrected chi connectivity index (χ2v) is 7.87. The molecule has 1 aromatic carbocycles. The zero-order chi connectivity index (χ0) is 18.6. The van der Waals surface area contributed by atoms with E-state index in [2.05, 4.69) is 10.3 Å². The van der Waals surface area contributed by atoms with Gasteiger partial charge in [-0.2, -0.15) is 0 Å². The van der Waals surface area contributed by atoms with Gasteiger partial charge < -0.3 is 10.2 Å². The number of fused-ring (bicyclic) bond motifs is 1. The third-order valence-electron chi connectivity index (χ3n) is 5.48. The number of nitrogens with one attached hydrogen (secondary N) is 1. The summed E-state index contributed by atoms with van der Waals surface area (Å²) in [5.74, 6) is 1.36. The maximum atomic E-state index is 12.7. The number of aryl methyl sites for hydroxylation is 1. The van der Waals surface area contributed by atoms with E-state index < -0.39 is 0 Å². The molecule has 5 nitrogen and oxygen atoms in total. The van der Waals surface area contributed by atoms with Crippen LogP contribution in [-0.2, 0) is 24.2 Å². The Morgan fingerprint density at radius 1 is 1.37 bits per heavy atom. The number of aromatic nitrogens is 2. The summed E-state index contributed by atoms with van der Waals surface area (Å²) in [4.78, 5) is 24.1. The average Bonchev–Trinajstić information content (AvgIpc) is 2.72. The normalized spacial score (nSPS) is 19.6. The number of rotatable bonds is 4. The van der Waals surface area contributed by atoms with Crippen molar-refractivity contribution in [2.45, 2.75) is 44.6 Å². The van der Waals surface area contributed by atoms with Crippen LogP contribution in [0.1, 0.15) is 47.8 Å². The lowest BCUT2D eigenvalue weighted by atomic mass is 9.96. The number of benzene rings is 1. The van der Waals surface area contributed by atoms with Crippen molar-refractivity contribution < 1.29 is 4.79 Å². The first-order valence-electron chi connectivity index (χ1n) is 9.76. The number of halogens is 1. The van der Waals surface area contributed by atoms with Gasteiger partial charge in [0.1, 0.15) is 5.82 Å². The van der Waals surface area contributed by atoms with E-state index in [1.54, 1.807) is 0 Å². The Kier molecular flexibility index (Phi) is 5.69. The zero-order valence-corrected chi connectivity index (χ0v) is 16.2. The van der Waals surface area contributed by atoms with Gasteiger partial charge in [0.15, 0.2) is 0 Å². The molecule has 1 unspecified atom stereocenters. The average molecular weight is 385 g/mol. The maximum Gasteiger partial charge on any atom is 0.222 e. The summed E-state index contributed by atoms with van der Waals surface area (Å²) in [5, 5.41) is 4.07. The van der Waals surface area contributed by atoms with Crippen LogP contribution in [0, 0.1) is 0 Å². The number of hydrogen-bond donors (Lipinski definition) is 1. The third-order valence-corrected chi connectivity index (χ3v) is 5.72. The lowest BCUT2D eigenvalue weighted by Gasteiger charge is -2.32. The predicted octanol–water partition coefficient (Wildman–Crippen LogP) is 3.11. The summed E-state index contributed by atoms with van der Waals surface area (Å²) in [6, 6.07) is 7.75. The second kappa shape index (κ2) is 8.36. The van der Waals surface area contributed by atoms with Crippen LogP contribution in [0.4, 0.5) is 0 Å². The molecule has 1 fully saturated rings. The van der Waals surface area contributed by atoms with Gasteiger partial charge in [-0.1, -0.05) is 23.7 Å². The van der Waals surface area contributed by atoms with Crippen molar-refractivity contribution in [3.63, 3.8) is 0 Å². The van der Waals surface area contributed by atoms with E-state index in [0.29, 0.717) is 6.42 Å².